The Bertz CT molecular complexity index is 504. The van der Waals surface area contributed by atoms with E-state index in [1.165, 1.54) is 0 Å². The normalized spacial score (nSPS) is 21.0. The van der Waals surface area contributed by atoms with Crippen LogP contribution in [0.5, 0.6) is 5.75 Å². The zero-order chi connectivity index (χ0) is 16.8. The molecule has 0 aliphatic carbocycles. The quantitative estimate of drug-likeness (QED) is 0.732. The summed E-state index contributed by atoms with van der Waals surface area (Å²) >= 11 is 0. The number of amides is 1. The van der Waals surface area contributed by atoms with Gasteiger partial charge in [0.15, 0.2) is 0 Å². The molecule has 1 aliphatic heterocycles. The van der Waals surface area contributed by atoms with Gasteiger partial charge in [-0.3, -0.25) is 4.79 Å². The molecule has 0 aromatic heterocycles. The lowest BCUT2D eigenvalue weighted by atomic mass is 10.2. The average molecular weight is 322 g/mol. The monoisotopic (exact) mass is 322 g/mol. The van der Waals surface area contributed by atoms with Gasteiger partial charge >= 0.3 is 0 Å². The minimum atomic E-state index is -0.639. The SMILES string of the molecule is CC(C)O[C@@H]1CN(C(=O)c2ccc(OCCCN)cc2)C[C@H]1O. The Morgan fingerprint density at radius 2 is 2.04 bits per heavy atom. The van der Waals surface area contributed by atoms with Gasteiger partial charge in [0.2, 0.25) is 0 Å². The second kappa shape index (κ2) is 8.29. The molecule has 128 valence electrons. The van der Waals surface area contributed by atoms with Gasteiger partial charge in [0.1, 0.15) is 11.9 Å². The molecule has 0 saturated carbocycles. The van der Waals surface area contributed by atoms with Gasteiger partial charge in [0, 0.05) is 18.7 Å². The van der Waals surface area contributed by atoms with E-state index < -0.39 is 6.10 Å². The van der Waals surface area contributed by atoms with Gasteiger partial charge in [-0.25, -0.2) is 0 Å². The minimum absolute atomic E-state index is 0.0228. The summed E-state index contributed by atoms with van der Waals surface area (Å²) in [6, 6.07) is 7.03. The highest BCUT2D eigenvalue weighted by Gasteiger charge is 2.35. The van der Waals surface area contributed by atoms with Gasteiger partial charge in [-0.1, -0.05) is 0 Å². The number of aliphatic hydroxyl groups excluding tert-OH is 1. The van der Waals surface area contributed by atoms with Crippen molar-refractivity contribution in [3.63, 3.8) is 0 Å². The number of aliphatic hydroxyl groups is 1. The number of ether oxygens (including phenoxy) is 2. The highest BCUT2D eigenvalue weighted by Crippen LogP contribution is 2.19. The van der Waals surface area contributed by atoms with Crippen LogP contribution in [0.2, 0.25) is 0 Å². The molecule has 0 unspecified atom stereocenters. The molecule has 1 amide bonds. The minimum Gasteiger partial charge on any atom is -0.494 e. The van der Waals surface area contributed by atoms with Gasteiger partial charge in [-0.2, -0.15) is 0 Å². The third-order valence-corrected chi connectivity index (χ3v) is 3.69. The summed E-state index contributed by atoms with van der Waals surface area (Å²) in [5, 5.41) is 10.0. The molecule has 0 radical (unpaired) electrons. The lowest BCUT2D eigenvalue weighted by molar-refractivity contribution is -0.0394. The Hall–Kier alpha value is -1.63. The van der Waals surface area contributed by atoms with Crippen molar-refractivity contribution >= 4 is 5.91 Å². The molecule has 1 fully saturated rings. The Labute approximate surface area is 137 Å². The zero-order valence-corrected chi connectivity index (χ0v) is 13.8. The first kappa shape index (κ1) is 17.7. The number of hydrogen-bond acceptors (Lipinski definition) is 5. The first-order chi connectivity index (χ1) is 11.0. The van der Waals surface area contributed by atoms with Gasteiger partial charge in [0.05, 0.1) is 18.8 Å². The van der Waals surface area contributed by atoms with Crippen molar-refractivity contribution in [3.8, 4) is 5.75 Å². The van der Waals surface area contributed by atoms with E-state index in [4.69, 9.17) is 15.2 Å². The molecule has 23 heavy (non-hydrogen) atoms. The number of likely N-dealkylation sites (tertiary alicyclic amines) is 1. The number of carbonyl (C=O) groups is 1. The van der Waals surface area contributed by atoms with E-state index >= 15 is 0 Å². The van der Waals surface area contributed by atoms with Gasteiger partial charge in [-0.05, 0) is 51.1 Å². The average Bonchev–Trinajstić information content (AvgIpc) is 2.88. The van der Waals surface area contributed by atoms with E-state index in [9.17, 15) is 9.90 Å². The Kier molecular flexibility index (Phi) is 6.38. The van der Waals surface area contributed by atoms with Crippen molar-refractivity contribution in [2.45, 2.75) is 38.6 Å². The Morgan fingerprint density at radius 3 is 2.65 bits per heavy atom. The maximum atomic E-state index is 12.5. The van der Waals surface area contributed by atoms with Crippen LogP contribution in [0.25, 0.3) is 0 Å². The molecule has 0 spiro atoms. The molecule has 1 heterocycles. The van der Waals surface area contributed by atoms with Crippen LogP contribution in [-0.4, -0.2) is 60.5 Å². The molecule has 1 aromatic carbocycles. The van der Waals surface area contributed by atoms with Crippen molar-refractivity contribution < 1.29 is 19.4 Å². The van der Waals surface area contributed by atoms with Crippen molar-refractivity contribution in [3.05, 3.63) is 29.8 Å². The van der Waals surface area contributed by atoms with E-state index in [1.54, 1.807) is 29.2 Å². The number of β-amino-alcohol motifs (C(OH)–C–C–N with tert-alkyl or cyclic N) is 1. The van der Waals surface area contributed by atoms with E-state index in [0.29, 0.717) is 31.8 Å². The molecule has 2 rings (SSSR count). The number of carbonyl (C=O) groups excluding carboxylic acids is 1. The first-order valence-corrected chi connectivity index (χ1v) is 8.07. The lowest BCUT2D eigenvalue weighted by Gasteiger charge is -2.18. The molecular weight excluding hydrogens is 296 g/mol. The van der Waals surface area contributed by atoms with Gasteiger partial charge in [0.25, 0.3) is 5.91 Å². The van der Waals surface area contributed by atoms with E-state index in [2.05, 4.69) is 0 Å². The fourth-order valence-electron chi connectivity index (χ4n) is 2.56. The standard InChI is InChI=1S/C17H26N2O4/c1-12(2)23-16-11-19(10-15(16)20)17(21)13-4-6-14(7-5-13)22-9-3-8-18/h4-7,12,15-16,20H,3,8-11,18H2,1-2H3/t15-,16-/m1/s1. The highest BCUT2D eigenvalue weighted by molar-refractivity contribution is 5.94. The summed E-state index contributed by atoms with van der Waals surface area (Å²) in [6.07, 6.45) is -0.142. The van der Waals surface area contributed by atoms with Crippen LogP contribution in [-0.2, 0) is 4.74 Å². The van der Waals surface area contributed by atoms with Crippen molar-refractivity contribution in [2.75, 3.05) is 26.2 Å². The smallest absolute Gasteiger partial charge is 0.254 e. The summed E-state index contributed by atoms with van der Waals surface area (Å²) in [7, 11) is 0. The number of rotatable bonds is 7. The molecule has 6 nitrogen and oxygen atoms in total. The fourth-order valence-corrected chi connectivity index (χ4v) is 2.56. The van der Waals surface area contributed by atoms with Crippen LogP contribution >= 0.6 is 0 Å². The maximum absolute atomic E-state index is 12.5. The number of benzene rings is 1. The van der Waals surface area contributed by atoms with Crippen molar-refractivity contribution in [1.82, 2.24) is 4.90 Å². The molecule has 0 bridgehead atoms. The number of hydrogen-bond donors (Lipinski definition) is 2. The maximum Gasteiger partial charge on any atom is 0.254 e. The molecular formula is C17H26N2O4. The molecule has 6 heteroatoms. The molecule has 3 N–H and O–H groups in total. The predicted molar refractivity (Wildman–Crippen MR) is 87.5 cm³/mol. The fraction of sp³-hybridized carbons (Fsp3) is 0.588. The predicted octanol–water partition coefficient (Wildman–Crippen LogP) is 1.02. The summed E-state index contributed by atoms with van der Waals surface area (Å²) in [4.78, 5) is 14.1. The highest BCUT2D eigenvalue weighted by atomic mass is 16.5. The molecule has 2 atom stereocenters. The van der Waals surface area contributed by atoms with Crippen LogP contribution in [0.1, 0.15) is 30.6 Å². The lowest BCUT2D eigenvalue weighted by Crippen LogP contribution is -2.31. The van der Waals surface area contributed by atoms with Gasteiger partial charge < -0.3 is 25.2 Å². The van der Waals surface area contributed by atoms with Crippen LogP contribution in [0.15, 0.2) is 24.3 Å². The molecule has 1 aliphatic rings. The van der Waals surface area contributed by atoms with Crippen molar-refractivity contribution in [2.24, 2.45) is 5.73 Å². The Balaban J connectivity index is 1.93. The summed E-state index contributed by atoms with van der Waals surface area (Å²) in [6.45, 7) is 5.70. The zero-order valence-electron chi connectivity index (χ0n) is 13.8. The topological polar surface area (TPSA) is 85.0 Å². The van der Waals surface area contributed by atoms with Crippen LogP contribution < -0.4 is 10.5 Å². The van der Waals surface area contributed by atoms with E-state index in [1.807, 2.05) is 13.8 Å². The summed E-state index contributed by atoms with van der Waals surface area (Å²) in [5.74, 6) is 0.616. The summed E-state index contributed by atoms with van der Waals surface area (Å²) < 4.78 is 11.2. The van der Waals surface area contributed by atoms with Crippen LogP contribution in [0.4, 0.5) is 0 Å². The van der Waals surface area contributed by atoms with Crippen LogP contribution in [0, 0.1) is 0 Å². The third-order valence-electron chi connectivity index (χ3n) is 3.69. The second-order valence-electron chi connectivity index (χ2n) is 6.02. The van der Waals surface area contributed by atoms with Gasteiger partial charge in [-0.15, -0.1) is 0 Å². The van der Waals surface area contributed by atoms with Crippen LogP contribution in [0.3, 0.4) is 0 Å². The second-order valence-corrected chi connectivity index (χ2v) is 6.02. The Morgan fingerprint density at radius 1 is 1.35 bits per heavy atom. The number of nitrogens with zero attached hydrogens (tertiary/aromatic N) is 1. The molecule has 1 aromatic rings. The molecule has 1 saturated heterocycles. The van der Waals surface area contributed by atoms with Crippen molar-refractivity contribution in [1.29, 1.82) is 0 Å². The first-order valence-electron chi connectivity index (χ1n) is 8.07. The largest absolute Gasteiger partial charge is 0.494 e. The number of nitrogens with two attached hydrogens (primary N) is 1. The van der Waals surface area contributed by atoms with E-state index in [-0.39, 0.29) is 18.1 Å². The third kappa shape index (κ3) is 4.92. The van der Waals surface area contributed by atoms with E-state index in [0.717, 1.165) is 12.2 Å². The summed E-state index contributed by atoms with van der Waals surface area (Å²) in [5.41, 5.74) is 6.00.